The molecule has 0 aliphatic carbocycles. The van der Waals surface area contributed by atoms with E-state index in [4.69, 9.17) is 28.2 Å². The first kappa shape index (κ1) is 16.2. The molecule has 0 spiro atoms. The summed E-state index contributed by atoms with van der Waals surface area (Å²) in [4.78, 5) is 4.80. The van der Waals surface area contributed by atoms with Crippen LogP contribution in [0.3, 0.4) is 0 Å². The number of nitrogens with zero attached hydrogens (tertiary/aromatic N) is 2. The molecule has 0 amide bonds. The van der Waals surface area contributed by atoms with Gasteiger partial charge in [0.2, 0.25) is 0 Å². The van der Waals surface area contributed by atoms with Crippen molar-refractivity contribution in [2.75, 3.05) is 5.32 Å². The van der Waals surface area contributed by atoms with Crippen LogP contribution in [0.2, 0.25) is 10.0 Å². The van der Waals surface area contributed by atoms with Crippen molar-refractivity contribution in [1.29, 1.82) is 0 Å². The number of fused-ring (bicyclic) bond motifs is 1. The first-order chi connectivity index (χ1) is 10.8. The molecule has 0 aliphatic heterocycles. The minimum Gasteiger partial charge on any atom is -0.365 e. The number of pyridine rings is 1. The lowest BCUT2D eigenvalue weighted by molar-refractivity contribution is 0.629. The van der Waals surface area contributed by atoms with E-state index in [0.717, 1.165) is 28.4 Å². The van der Waals surface area contributed by atoms with E-state index in [-0.39, 0.29) is 5.54 Å². The lowest BCUT2D eigenvalue weighted by atomic mass is 10.1. The molecule has 3 rings (SSSR count). The van der Waals surface area contributed by atoms with Crippen LogP contribution in [0.1, 0.15) is 26.5 Å². The number of halogens is 2. The van der Waals surface area contributed by atoms with Gasteiger partial charge >= 0.3 is 0 Å². The summed E-state index contributed by atoms with van der Waals surface area (Å²) in [6, 6.07) is 11.7. The predicted molar refractivity (Wildman–Crippen MR) is 98.8 cm³/mol. The summed E-state index contributed by atoms with van der Waals surface area (Å²) in [5.74, 6) is 0.962. The quantitative estimate of drug-likeness (QED) is 0.632. The lowest BCUT2D eigenvalue weighted by Gasteiger charge is -2.23. The fraction of sp³-hybridized carbons (Fsp3) is 0.278. The zero-order chi connectivity index (χ0) is 16.8. The first-order valence-electron chi connectivity index (χ1n) is 7.48. The van der Waals surface area contributed by atoms with E-state index in [2.05, 4.69) is 43.5 Å². The minimum atomic E-state index is -0.0940. The van der Waals surface area contributed by atoms with Gasteiger partial charge in [-0.3, -0.25) is 4.40 Å². The Morgan fingerprint density at radius 1 is 1.04 bits per heavy atom. The third-order valence-electron chi connectivity index (χ3n) is 3.53. The number of benzene rings is 1. The number of hydrogen-bond acceptors (Lipinski definition) is 2. The number of aryl methyl sites for hydroxylation is 1. The zero-order valence-corrected chi connectivity index (χ0v) is 15.1. The number of nitrogens with one attached hydrogen (secondary N) is 1. The van der Waals surface area contributed by atoms with Crippen LogP contribution >= 0.6 is 23.2 Å². The van der Waals surface area contributed by atoms with Crippen molar-refractivity contribution >= 4 is 34.7 Å². The summed E-state index contributed by atoms with van der Waals surface area (Å²) in [7, 11) is 0. The molecule has 0 aliphatic rings. The summed E-state index contributed by atoms with van der Waals surface area (Å²) in [6.07, 6.45) is 0. The van der Waals surface area contributed by atoms with Crippen LogP contribution < -0.4 is 5.32 Å². The second-order valence-electron chi connectivity index (χ2n) is 6.67. The molecular weight excluding hydrogens is 329 g/mol. The Morgan fingerprint density at radius 2 is 1.78 bits per heavy atom. The molecule has 1 aromatic carbocycles. The topological polar surface area (TPSA) is 29.3 Å². The second kappa shape index (κ2) is 5.73. The molecule has 3 nitrogen and oxygen atoms in total. The molecule has 0 radical (unpaired) electrons. The minimum absolute atomic E-state index is 0.0940. The molecule has 0 saturated heterocycles. The van der Waals surface area contributed by atoms with E-state index in [0.29, 0.717) is 10.0 Å². The van der Waals surface area contributed by atoms with Gasteiger partial charge in [-0.2, -0.15) is 0 Å². The Hall–Kier alpha value is -1.71. The molecule has 3 aromatic rings. The molecule has 2 aromatic heterocycles. The van der Waals surface area contributed by atoms with Crippen LogP contribution in [0.5, 0.6) is 0 Å². The van der Waals surface area contributed by atoms with E-state index in [1.165, 1.54) is 0 Å². The van der Waals surface area contributed by atoms with E-state index >= 15 is 0 Å². The average molecular weight is 348 g/mol. The third kappa shape index (κ3) is 3.17. The molecule has 23 heavy (non-hydrogen) atoms. The van der Waals surface area contributed by atoms with Gasteiger partial charge in [-0.05, 0) is 52.0 Å². The molecule has 0 atom stereocenters. The third-order valence-corrected chi connectivity index (χ3v) is 4.26. The van der Waals surface area contributed by atoms with Gasteiger partial charge in [-0.15, -0.1) is 0 Å². The summed E-state index contributed by atoms with van der Waals surface area (Å²) in [6.45, 7) is 8.46. The number of anilines is 1. The fourth-order valence-corrected chi connectivity index (χ4v) is 2.87. The average Bonchev–Trinajstić information content (AvgIpc) is 2.80. The molecule has 0 saturated carbocycles. The van der Waals surface area contributed by atoms with Gasteiger partial charge in [0.25, 0.3) is 0 Å². The van der Waals surface area contributed by atoms with Crippen LogP contribution in [0, 0.1) is 6.92 Å². The highest BCUT2D eigenvalue weighted by molar-refractivity contribution is 6.42. The predicted octanol–water partition coefficient (Wildman–Crippen LogP) is 5.83. The normalized spacial score (nSPS) is 11.9. The molecule has 0 unspecified atom stereocenters. The van der Waals surface area contributed by atoms with Gasteiger partial charge < -0.3 is 5.32 Å². The van der Waals surface area contributed by atoms with E-state index < -0.39 is 0 Å². The van der Waals surface area contributed by atoms with Gasteiger partial charge in [0.15, 0.2) is 0 Å². The summed E-state index contributed by atoms with van der Waals surface area (Å²) < 4.78 is 2.13. The smallest absolute Gasteiger partial charge is 0.139 e. The highest BCUT2D eigenvalue weighted by Crippen LogP contribution is 2.34. The largest absolute Gasteiger partial charge is 0.365 e. The molecular formula is C18H19Cl2N3. The molecule has 0 bridgehead atoms. The summed E-state index contributed by atoms with van der Waals surface area (Å²) in [5.41, 5.74) is 3.73. The van der Waals surface area contributed by atoms with Crippen LogP contribution in [-0.2, 0) is 0 Å². The maximum atomic E-state index is 6.19. The monoisotopic (exact) mass is 347 g/mol. The Morgan fingerprint density at radius 3 is 2.43 bits per heavy atom. The number of hydrogen-bond donors (Lipinski definition) is 1. The molecule has 5 heteroatoms. The highest BCUT2D eigenvalue weighted by atomic mass is 35.5. The van der Waals surface area contributed by atoms with Gasteiger partial charge in [0, 0.05) is 16.8 Å². The standard InChI is InChI=1S/C18H19Cl2N3/c1-11-6-5-7-15-21-16(12-8-9-13(19)14(20)10-12)17(23(11)15)22-18(2,3)4/h5-10,22H,1-4H3. The molecule has 2 heterocycles. The van der Waals surface area contributed by atoms with E-state index in [1.54, 1.807) is 6.07 Å². The molecule has 1 N–H and O–H groups in total. The maximum absolute atomic E-state index is 6.19. The number of imidazole rings is 1. The van der Waals surface area contributed by atoms with Crippen molar-refractivity contribution in [1.82, 2.24) is 9.38 Å². The van der Waals surface area contributed by atoms with Crippen molar-refractivity contribution in [2.45, 2.75) is 33.2 Å². The number of rotatable bonds is 2. The first-order valence-corrected chi connectivity index (χ1v) is 8.23. The van der Waals surface area contributed by atoms with Gasteiger partial charge in [-0.1, -0.05) is 35.3 Å². The van der Waals surface area contributed by atoms with Crippen LogP contribution in [0.15, 0.2) is 36.4 Å². The zero-order valence-electron chi connectivity index (χ0n) is 13.6. The maximum Gasteiger partial charge on any atom is 0.139 e. The van der Waals surface area contributed by atoms with Crippen LogP contribution in [0.25, 0.3) is 16.9 Å². The number of aromatic nitrogens is 2. The van der Waals surface area contributed by atoms with Crippen LogP contribution in [-0.4, -0.2) is 14.9 Å². The fourth-order valence-electron chi connectivity index (χ4n) is 2.57. The summed E-state index contributed by atoms with van der Waals surface area (Å²) >= 11 is 12.2. The van der Waals surface area contributed by atoms with Gasteiger partial charge in [0.05, 0.1) is 10.0 Å². The summed E-state index contributed by atoms with van der Waals surface area (Å²) in [5, 5.41) is 4.64. The second-order valence-corrected chi connectivity index (χ2v) is 7.49. The Labute approximate surface area is 146 Å². The highest BCUT2D eigenvalue weighted by Gasteiger charge is 2.20. The van der Waals surface area contributed by atoms with Crippen molar-refractivity contribution < 1.29 is 0 Å². The SMILES string of the molecule is Cc1cccc2nc(-c3ccc(Cl)c(Cl)c3)c(NC(C)(C)C)n12. The molecule has 120 valence electrons. The van der Waals surface area contributed by atoms with Crippen molar-refractivity contribution in [2.24, 2.45) is 0 Å². The van der Waals surface area contributed by atoms with E-state index in [9.17, 15) is 0 Å². The van der Waals surface area contributed by atoms with E-state index in [1.807, 2.05) is 24.3 Å². The lowest BCUT2D eigenvalue weighted by Crippen LogP contribution is -2.27. The van der Waals surface area contributed by atoms with Crippen LogP contribution in [0.4, 0.5) is 5.82 Å². The van der Waals surface area contributed by atoms with Gasteiger partial charge in [-0.25, -0.2) is 4.98 Å². The Bertz CT molecular complexity index is 876. The molecule has 0 fully saturated rings. The van der Waals surface area contributed by atoms with Crippen molar-refractivity contribution in [3.63, 3.8) is 0 Å². The van der Waals surface area contributed by atoms with Gasteiger partial charge in [0.1, 0.15) is 17.2 Å². The Balaban J connectivity index is 2.29. The van der Waals surface area contributed by atoms with Crippen molar-refractivity contribution in [3.8, 4) is 11.3 Å². The Kier molecular flexibility index (Phi) is 4.03. The van der Waals surface area contributed by atoms with Crippen molar-refractivity contribution in [3.05, 3.63) is 52.1 Å².